The van der Waals surface area contributed by atoms with Crippen molar-refractivity contribution in [1.82, 2.24) is 10.2 Å². The van der Waals surface area contributed by atoms with E-state index in [1.54, 1.807) is 6.20 Å². The molecular formula is C12H15N3O. The number of benzene rings is 1. The highest BCUT2D eigenvalue weighted by molar-refractivity contribution is 5.90. The third-order valence-corrected chi connectivity index (χ3v) is 2.45. The Labute approximate surface area is 94.3 Å². The minimum Gasteiger partial charge on any atom is -0.396 e. The third-order valence-electron chi connectivity index (χ3n) is 2.45. The van der Waals surface area contributed by atoms with Crippen molar-refractivity contribution in [2.24, 2.45) is 0 Å². The summed E-state index contributed by atoms with van der Waals surface area (Å²) >= 11 is 0. The summed E-state index contributed by atoms with van der Waals surface area (Å²) in [5, 5.41) is 22.1. The molecule has 0 saturated carbocycles. The Kier molecular flexibility index (Phi) is 3.66. The van der Waals surface area contributed by atoms with Gasteiger partial charge in [0.1, 0.15) is 0 Å². The van der Waals surface area contributed by atoms with Crippen molar-refractivity contribution in [2.75, 3.05) is 18.5 Å². The third kappa shape index (κ3) is 2.46. The second-order valence-corrected chi connectivity index (χ2v) is 3.64. The smallest absolute Gasteiger partial charge is 0.156 e. The van der Waals surface area contributed by atoms with Crippen LogP contribution >= 0.6 is 0 Å². The van der Waals surface area contributed by atoms with Crippen LogP contribution in [0.2, 0.25) is 0 Å². The quantitative estimate of drug-likeness (QED) is 0.750. The molecule has 84 valence electrons. The second kappa shape index (κ2) is 5.42. The molecule has 0 spiro atoms. The fourth-order valence-corrected chi connectivity index (χ4v) is 1.60. The highest BCUT2D eigenvalue weighted by Crippen LogP contribution is 2.18. The van der Waals surface area contributed by atoms with E-state index >= 15 is 0 Å². The van der Waals surface area contributed by atoms with Gasteiger partial charge in [0, 0.05) is 23.9 Å². The van der Waals surface area contributed by atoms with E-state index in [-0.39, 0.29) is 6.61 Å². The molecule has 0 bridgehead atoms. The molecule has 0 radical (unpaired) electrons. The van der Waals surface area contributed by atoms with Crippen LogP contribution in [0.4, 0.5) is 5.82 Å². The zero-order valence-corrected chi connectivity index (χ0v) is 9.06. The molecule has 2 rings (SSSR count). The molecule has 0 unspecified atom stereocenters. The molecule has 0 aliphatic heterocycles. The number of rotatable bonds is 5. The van der Waals surface area contributed by atoms with Crippen LogP contribution in [0.15, 0.2) is 30.5 Å². The minimum atomic E-state index is 0.239. The lowest BCUT2D eigenvalue weighted by atomic mass is 10.2. The number of aliphatic hydroxyl groups is 1. The first-order valence-corrected chi connectivity index (χ1v) is 5.47. The lowest BCUT2D eigenvalue weighted by molar-refractivity contribution is 0.286. The predicted molar refractivity (Wildman–Crippen MR) is 64.3 cm³/mol. The molecule has 1 heterocycles. The maximum Gasteiger partial charge on any atom is 0.156 e. The van der Waals surface area contributed by atoms with E-state index < -0.39 is 0 Å². The zero-order valence-electron chi connectivity index (χ0n) is 9.06. The highest BCUT2D eigenvalue weighted by Gasteiger charge is 2.01. The van der Waals surface area contributed by atoms with Crippen LogP contribution in [0.3, 0.4) is 0 Å². The Balaban J connectivity index is 2.11. The first-order valence-electron chi connectivity index (χ1n) is 5.47. The SMILES string of the molecule is OCCCCNc1nncc2ccccc12. The summed E-state index contributed by atoms with van der Waals surface area (Å²) in [5.41, 5.74) is 0. The summed E-state index contributed by atoms with van der Waals surface area (Å²) in [7, 11) is 0. The maximum atomic E-state index is 8.68. The molecule has 0 saturated heterocycles. The van der Waals surface area contributed by atoms with Crippen LogP contribution in [0.5, 0.6) is 0 Å². The van der Waals surface area contributed by atoms with Crippen molar-refractivity contribution >= 4 is 16.6 Å². The predicted octanol–water partition coefficient (Wildman–Crippen LogP) is 1.81. The number of nitrogens with zero attached hydrogens (tertiary/aromatic N) is 2. The van der Waals surface area contributed by atoms with E-state index in [4.69, 9.17) is 5.11 Å². The van der Waals surface area contributed by atoms with Gasteiger partial charge in [-0.2, -0.15) is 5.10 Å². The topological polar surface area (TPSA) is 58.0 Å². The fraction of sp³-hybridized carbons (Fsp3) is 0.333. The molecule has 4 nitrogen and oxygen atoms in total. The van der Waals surface area contributed by atoms with E-state index in [1.807, 2.05) is 24.3 Å². The van der Waals surface area contributed by atoms with Gasteiger partial charge in [0.15, 0.2) is 5.82 Å². The Bertz CT molecular complexity index is 453. The molecule has 0 fully saturated rings. The Morgan fingerprint density at radius 3 is 2.94 bits per heavy atom. The number of hydrogen-bond acceptors (Lipinski definition) is 4. The average Bonchev–Trinajstić information content (AvgIpc) is 2.35. The van der Waals surface area contributed by atoms with Gasteiger partial charge in [0.25, 0.3) is 0 Å². The molecule has 2 aromatic rings. The second-order valence-electron chi connectivity index (χ2n) is 3.64. The lowest BCUT2D eigenvalue weighted by Crippen LogP contribution is -2.05. The molecular weight excluding hydrogens is 202 g/mol. The molecule has 0 amide bonds. The zero-order chi connectivity index (χ0) is 11.2. The molecule has 0 aliphatic carbocycles. The standard InChI is InChI=1S/C12H15N3O/c16-8-4-3-7-13-12-11-6-2-1-5-10(11)9-14-15-12/h1-2,5-6,9,16H,3-4,7-8H2,(H,13,15). The largest absolute Gasteiger partial charge is 0.396 e. The average molecular weight is 217 g/mol. The van der Waals surface area contributed by atoms with Gasteiger partial charge >= 0.3 is 0 Å². The molecule has 4 heteroatoms. The molecule has 0 aliphatic rings. The summed E-state index contributed by atoms with van der Waals surface area (Å²) < 4.78 is 0. The number of fused-ring (bicyclic) bond motifs is 1. The number of aromatic nitrogens is 2. The number of aliphatic hydroxyl groups excluding tert-OH is 1. The highest BCUT2D eigenvalue weighted by atomic mass is 16.2. The molecule has 16 heavy (non-hydrogen) atoms. The number of unbranched alkanes of at least 4 members (excludes halogenated alkanes) is 1. The van der Waals surface area contributed by atoms with Crippen molar-refractivity contribution in [1.29, 1.82) is 0 Å². The van der Waals surface area contributed by atoms with Crippen molar-refractivity contribution in [3.63, 3.8) is 0 Å². The Morgan fingerprint density at radius 1 is 1.19 bits per heavy atom. The van der Waals surface area contributed by atoms with Crippen LogP contribution in [0.1, 0.15) is 12.8 Å². The van der Waals surface area contributed by atoms with E-state index in [1.165, 1.54) is 0 Å². The first kappa shape index (κ1) is 10.8. The lowest BCUT2D eigenvalue weighted by Gasteiger charge is -2.06. The molecule has 1 aromatic heterocycles. The van der Waals surface area contributed by atoms with Gasteiger partial charge < -0.3 is 10.4 Å². The van der Waals surface area contributed by atoms with E-state index in [0.717, 1.165) is 36.0 Å². The first-order chi connectivity index (χ1) is 7.92. The molecule has 2 N–H and O–H groups in total. The van der Waals surface area contributed by atoms with Crippen LogP contribution in [-0.2, 0) is 0 Å². The normalized spacial score (nSPS) is 10.6. The monoisotopic (exact) mass is 217 g/mol. The van der Waals surface area contributed by atoms with E-state index in [9.17, 15) is 0 Å². The van der Waals surface area contributed by atoms with E-state index in [0.29, 0.717) is 0 Å². The van der Waals surface area contributed by atoms with Gasteiger partial charge in [-0.25, -0.2) is 0 Å². The summed E-state index contributed by atoms with van der Waals surface area (Å²) in [6.07, 6.45) is 3.50. The summed E-state index contributed by atoms with van der Waals surface area (Å²) in [4.78, 5) is 0. The van der Waals surface area contributed by atoms with Gasteiger partial charge in [-0.1, -0.05) is 24.3 Å². The Hall–Kier alpha value is -1.68. The van der Waals surface area contributed by atoms with Gasteiger partial charge in [0.2, 0.25) is 0 Å². The summed E-state index contributed by atoms with van der Waals surface area (Å²) in [6, 6.07) is 8.02. The van der Waals surface area contributed by atoms with Crippen molar-refractivity contribution in [2.45, 2.75) is 12.8 Å². The van der Waals surface area contributed by atoms with Crippen molar-refractivity contribution in [3.8, 4) is 0 Å². The number of anilines is 1. The van der Waals surface area contributed by atoms with Crippen molar-refractivity contribution < 1.29 is 5.11 Å². The maximum absolute atomic E-state index is 8.68. The van der Waals surface area contributed by atoms with Gasteiger partial charge in [-0.15, -0.1) is 5.10 Å². The van der Waals surface area contributed by atoms with Gasteiger partial charge in [-0.3, -0.25) is 0 Å². The van der Waals surface area contributed by atoms with Crippen LogP contribution in [-0.4, -0.2) is 28.5 Å². The van der Waals surface area contributed by atoms with Crippen molar-refractivity contribution in [3.05, 3.63) is 30.5 Å². The number of hydrogen-bond donors (Lipinski definition) is 2. The van der Waals surface area contributed by atoms with E-state index in [2.05, 4.69) is 15.5 Å². The fourth-order valence-electron chi connectivity index (χ4n) is 1.60. The summed E-state index contributed by atoms with van der Waals surface area (Å²) in [6.45, 7) is 1.05. The molecule has 1 aromatic carbocycles. The molecule has 0 atom stereocenters. The number of nitrogens with one attached hydrogen (secondary N) is 1. The van der Waals surface area contributed by atoms with Crippen LogP contribution in [0, 0.1) is 0 Å². The van der Waals surface area contributed by atoms with Crippen LogP contribution < -0.4 is 5.32 Å². The van der Waals surface area contributed by atoms with Gasteiger partial charge in [-0.05, 0) is 12.8 Å². The Morgan fingerprint density at radius 2 is 2.06 bits per heavy atom. The summed E-state index contributed by atoms with van der Waals surface area (Å²) in [5.74, 6) is 0.816. The minimum absolute atomic E-state index is 0.239. The van der Waals surface area contributed by atoms with Gasteiger partial charge in [0.05, 0.1) is 6.20 Å². The van der Waals surface area contributed by atoms with Crippen LogP contribution in [0.25, 0.3) is 10.8 Å².